The SMILES string of the molecule is COc1c(C)cc(C)cc1/C(O)=C1\C(=O)C(=O)N(c2ccc(OC(F)(F)F)cc2)C1c1cccc(C)c1. The Morgan fingerprint density at radius 2 is 1.62 bits per heavy atom. The summed E-state index contributed by atoms with van der Waals surface area (Å²) in [6, 6.07) is 14.2. The molecule has 1 atom stereocenters. The smallest absolute Gasteiger partial charge is 0.507 e. The standard InChI is InChI=1S/C28H24F3NO5/c1-15-6-5-7-18(13-15)23-22(24(33)21-14-16(2)12-17(3)26(21)36-4)25(34)27(35)32(23)19-8-10-20(11-9-19)37-28(29,30)31/h5-14,23,33H,1-4H3/b24-22+. The fourth-order valence-electron chi connectivity index (χ4n) is 4.61. The van der Waals surface area contributed by atoms with Gasteiger partial charge in [0.15, 0.2) is 0 Å². The zero-order valence-electron chi connectivity index (χ0n) is 20.5. The summed E-state index contributed by atoms with van der Waals surface area (Å²) in [5.41, 5.74) is 3.18. The van der Waals surface area contributed by atoms with Gasteiger partial charge in [0.05, 0.1) is 24.3 Å². The fourth-order valence-corrected chi connectivity index (χ4v) is 4.61. The number of carbonyl (C=O) groups is 2. The molecule has 9 heteroatoms. The summed E-state index contributed by atoms with van der Waals surface area (Å²) < 4.78 is 47.3. The van der Waals surface area contributed by atoms with Crippen LogP contribution >= 0.6 is 0 Å². The minimum atomic E-state index is -4.88. The van der Waals surface area contributed by atoms with Gasteiger partial charge in [-0.2, -0.15) is 0 Å². The van der Waals surface area contributed by atoms with Crippen molar-refractivity contribution in [1.29, 1.82) is 0 Å². The topological polar surface area (TPSA) is 76.1 Å². The van der Waals surface area contributed by atoms with Gasteiger partial charge in [0.1, 0.15) is 17.3 Å². The third-order valence-corrected chi connectivity index (χ3v) is 6.03. The summed E-state index contributed by atoms with van der Waals surface area (Å²) in [5, 5.41) is 11.5. The highest BCUT2D eigenvalue weighted by Crippen LogP contribution is 2.44. The van der Waals surface area contributed by atoms with Gasteiger partial charge in [0, 0.05) is 5.69 Å². The molecule has 4 rings (SSSR count). The Morgan fingerprint density at radius 1 is 0.946 bits per heavy atom. The number of rotatable bonds is 5. The van der Waals surface area contributed by atoms with E-state index in [2.05, 4.69) is 4.74 Å². The van der Waals surface area contributed by atoms with Crippen molar-refractivity contribution in [1.82, 2.24) is 0 Å². The monoisotopic (exact) mass is 511 g/mol. The van der Waals surface area contributed by atoms with E-state index < -0.39 is 35.6 Å². The predicted octanol–water partition coefficient (Wildman–Crippen LogP) is 6.15. The number of aryl methyl sites for hydroxylation is 3. The Morgan fingerprint density at radius 3 is 2.22 bits per heavy atom. The first kappa shape index (κ1) is 25.8. The lowest BCUT2D eigenvalue weighted by Gasteiger charge is -2.26. The lowest BCUT2D eigenvalue weighted by Crippen LogP contribution is -2.29. The maximum Gasteiger partial charge on any atom is 0.573 e. The van der Waals surface area contributed by atoms with Crippen LogP contribution in [0.15, 0.2) is 66.2 Å². The first-order chi connectivity index (χ1) is 17.4. The van der Waals surface area contributed by atoms with E-state index in [1.165, 1.54) is 19.2 Å². The van der Waals surface area contributed by atoms with Gasteiger partial charge in [-0.3, -0.25) is 14.5 Å². The molecule has 3 aromatic carbocycles. The van der Waals surface area contributed by atoms with Crippen LogP contribution in [0.1, 0.15) is 33.9 Å². The van der Waals surface area contributed by atoms with E-state index in [0.717, 1.165) is 33.7 Å². The maximum absolute atomic E-state index is 13.4. The molecule has 1 saturated heterocycles. The van der Waals surface area contributed by atoms with Gasteiger partial charge in [-0.05, 0) is 67.8 Å². The van der Waals surface area contributed by atoms with Gasteiger partial charge < -0.3 is 14.6 Å². The molecule has 3 aromatic rings. The van der Waals surface area contributed by atoms with E-state index in [0.29, 0.717) is 11.3 Å². The number of methoxy groups -OCH3 is 1. The van der Waals surface area contributed by atoms with Crippen LogP contribution in [0.4, 0.5) is 18.9 Å². The molecule has 0 spiro atoms. The van der Waals surface area contributed by atoms with Crippen LogP contribution in [0.25, 0.3) is 5.76 Å². The second-order valence-corrected chi connectivity index (χ2v) is 8.79. The number of anilines is 1. The molecule has 37 heavy (non-hydrogen) atoms. The van der Waals surface area contributed by atoms with Gasteiger partial charge >= 0.3 is 6.36 Å². The van der Waals surface area contributed by atoms with Crippen LogP contribution in [-0.4, -0.2) is 30.3 Å². The summed E-state index contributed by atoms with van der Waals surface area (Å²) in [6.45, 7) is 5.46. The first-order valence-electron chi connectivity index (χ1n) is 11.3. The van der Waals surface area contributed by atoms with Crippen molar-refractivity contribution in [3.63, 3.8) is 0 Å². The van der Waals surface area contributed by atoms with E-state index in [1.807, 2.05) is 26.0 Å². The van der Waals surface area contributed by atoms with E-state index in [1.54, 1.807) is 31.2 Å². The van der Waals surface area contributed by atoms with Gasteiger partial charge in [-0.1, -0.05) is 35.9 Å². The second kappa shape index (κ2) is 9.65. The molecule has 1 amide bonds. The number of carbonyl (C=O) groups excluding carboxylic acids is 2. The maximum atomic E-state index is 13.4. The van der Waals surface area contributed by atoms with Crippen LogP contribution in [0.2, 0.25) is 0 Å². The number of alkyl halides is 3. The van der Waals surface area contributed by atoms with Gasteiger partial charge in [0.25, 0.3) is 11.7 Å². The van der Waals surface area contributed by atoms with Crippen molar-refractivity contribution in [2.75, 3.05) is 12.0 Å². The van der Waals surface area contributed by atoms with Crippen molar-refractivity contribution < 1.29 is 37.3 Å². The van der Waals surface area contributed by atoms with Crippen LogP contribution in [0.3, 0.4) is 0 Å². The normalized spacial score (nSPS) is 17.3. The molecule has 1 fully saturated rings. The molecular weight excluding hydrogens is 487 g/mol. The molecular formula is C28H24F3NO5. The molecule has 1 aliphatic rings. The number of Topliss-reactive ketones (excluding diaryl/α,β-unsaturated/α-hetero) is 1. The van der Waals surface area contributed by atoms with Crippen LogP contribution in [-0.2, 0) is 9.59 Å². The highest BCUT2D eigenvalue weighted by atomic mass is 19.4. The molecule has 0 radical (unpaired) electrons. The van der Waals surface area contributed by atoms with E-state index >= 15 is 0 Å². The molecule has 1 aliphatic heterocycles. The van der Waals surface area contributed by atoms with Crippen LogP contribution in [0, 0.1) is 20.8 Å². The molecule has 6 nitrogen and oxygen atoms in total. The van der Waals surface area contributed by atoms with Crippen molar-refractivity contribution in [2.45, 2.75) is 33.2 Å². The highest BCUT2D eigenvalue weighted by molar-refractivity contribution is 6.51. The number of ether oxygens (including phenoxy) is 2. The van der Waals surface area contributed by atoms with Crippen LogP contribution < -0.4 is 14.4 Å². The third kappa shape index (κ3) is 5.02. The Balaban J connectivity index is 1.93. The lowest BCUT2D eigenvalue weighted by molar-refractivity contribution is -0.274. The highest BCUT2D eigenvalue weighted by Gasteiger charge is 2.47. The summed E-state index contributed by atoms with van der Waals surface area (Å²) >= 11 is 0. The minimum Gasteiger partial charge on any atom is -0.507 e. The summed E-state index contributed by atoms with van der Waals surface area (Å²) in [4.78, 5) is 27.8. The predicted molar refractivity (Wildman–Crippen MR) is 132 cm³/mol. The Labute approximate surface area is 211 Å². The minimum absolute atomic E-state index is 0.158. The van der Waals surface area contributed by atoms with Crippen molar-refractivity contribution >= 4 is 23.1 Å². The van der Waals surface area contributed by atoms with Crippen molar-refractivity contribution in [3.8, 4) is 11.5 Å². The third-order valence-electron chi connectivity index (χ3n) is 6.03. The van der Waals surface area contributed by atoms with Crippen LogP contribution in [0.5, 0.6) is 11.5 Å². The number of benzene rings is 3. The molecule has 0 aliphatic carbocycles. The van der Waals surface area contributed by atoms with Gasteiger partial charge in [-0.25, -0.2) is 0 Å². The van der Waals surface area contributed by atoms with E-state index in [4.69, 9.17) is 4.74 Å². The Hall–Kier alpha value is -4.27. The zero-order chi connectivity index (χ0) is 27.1. The number of amides is 1. The molecule has 0 bridgehead atoms. The average Bonchev–Trinajstić information content (AvgIpc) is 3.08. The zero-order valence-corrected chi connectivity index (χ0v) is 20.5. The first-order valence-corrected chi connectivity index (χ1v) is 11.3. The second-order valence-electron chi connectivity index (χ2n) is 8.79. The average molecular weight is 511 g/mol. The summed E-state index contributed by atoms with van der Waals surface area (Å²) in [7, 11) is 1.44. The number of halogens is 3. The Bertz CT molecular complexity index is 1410. The van der Waals surface area contributed by atoms with E-state index in [9.17, 15) is 27.9 Å². The molecule has 1 heterocycles. The van der Waals surface area contributed by atoms with E-state index in [-0.39, 0.29) is 16.8 Å². The number of ketones is 1. The number of hydrogen-bond acceptors (Lipinski definition) is 5. The molecule has 192 valence electrons. The quantitative estimate of drug-likeness (QED) is 0.253. The van der Waals surface area contributed by atoms with Crippen molar-refractivity contribution in [3.05, 3.63) is 94.1 Å². The molecule has 1 N–H and O–H groups in total. The van der Waals surface area contributed by atoms with Gasteiger partial charge in [0.2, 0.25) is 0 Å². The largest absolute Gasteiger partial charge is 0.573 e. The number of hydrogen-bond donors (Lipinski definition) is 1. The molecule has 1 unspecified atom stereocenters. The summed E-state index contributed by atoms with van der Waals surface area (Å²) in [5.74, 6) is -2.39. The lowest BCUT2D eigenvalue weighted by atomic mass is 9.93. The number of aliphatic hydroxyl groups excluding tert-OH is 1. The number of nitrogens with zero attached hydrogens (tertiary/aromatic N) is 1. The fraction of sp³-hybridized carbons (Fsp3) is 0.214. The number of aliphatic hydroxyl groups is 1. The summed E-state index contributed by atoms with van der Waals surface area (Å²) in [6.07, 6.45) is -4.88. The van der Waals surface area contributed by atoms with Crippen molar-refractivity contribution in [2.24, 2.45) is 0 Å². The molecule has 0 aromatic heterocycles. The Kier molecular flexibility index (Phi) is 6.73. The molecule has 0 saturated carbocycles. The van der Waals surface area contributed by atoms with Gasteiger partial charge in [-0.15, -0.1) is 13.2 Å².